The monoisotopic (exact) mass is 212 g/mol. The second kappa shape index (κ2) is 4.03. The summed E-state index contributed by atoms with van der Waals surface area (Å²) in [4.78, 5) is 7.62. The fourth-order valence-electron chi connectivity index (χ4n) is 1.13. The number of para-hydroxylation sites is 2. The number of aromatic amines is 1. The van der Waals surface area contributed by atoms with Crippen molar-refractivity contribution in [3.8, 4) is 0 Å². The molecule has 0 atom stereocenters. The van der Waals surface area contributed by atoms with Gasteiger partial charge >= 0.3 is 0 Å². The van der Waals surface area contributed by atoms with Crippen LogP contribution in [0, 0.1) is 0 Å². The molecule has 2 aromatic rings. The van der Waals surface area contributed by atoms with E-state index in [0.29, 0.717) is 5.88 Å². The summed E-state index contributed by atoms with van der Waals surface area (Å²) in [5.41, 5.74) is 2.10. The molecule has 0 fully saturated rings. The minimum absolute atomic E-state index is 0.654. The molecular weight excluding hydrogens is 204 g/mol. The first-order chi connectivity index (χ1) is 6.40. The normalized spacial score (nSPS) is 10.8. The fraction of sp³-hybridized carbons (Fsp3) is 0.222. The van der Waals surface area contributed by atoms with Gasteiger partial charge in [-0.2, -0.15) is 0 Å². The Bertz CT molecular complexity index is 366. The van der Waals surface area contributed by atoms with Crippen molar-refractivity contribution in [3.63, 3.8) is 0 Å². The Morgan fingerprint density at radius 1 is 1.38 bits per heavy atom. The molecule has 1 N–H and O–H groups in total. The quantitative estimate of drug-likeness (QED) is 0.626. The molecule has 0 aliphatic rings. The van der Waals surface area contributed by atoms with Gasteiger partial charge in [-0.25, -0.2) is 4.98 Å². The number of benzene rings is 1. The van der Waals surface area contributed by atoms with Crippen molar-refractivity contribution in [2.45, 2.75) is 5.16 Å². The Labute approximate surface area is 85.7 Å². The van der Waals surface area contributed by atoms with E-state index in [0.717, 1.165) is 21.9 Å². The van der Waals surface area contributed by atoms with Crippen molar-refractivity contribution >= 4 is 34.4 Å². The summed E-state index contributed by atoms with van der Waals surface area (Å²) in [7, 11) is 0. The molecule has 2 nitrogen and oxygen atoms in total. The summed E-state index contributed by atoms with van der Waals surface area (Å²) in [6, 6.07) is 8.00. The standard InChI is InChI=1S/C9H9ClN2S/c10-5-6-13-9-11-7-3-1-2-4-8(7)12-9/h1-4H,5-6H2,(H,11,12). The van der Waals surface area contributed by atoms with Crippen LogP contribution in [0.1, 0.15) is 0 Å². The highest BCUT2D eigenvalue weighted by Gasteiger charge is 2.00. The predicted octanol–water partition coefficient (Wildman–Crippen LogP) is 2.89. The van der Waals surface area contributed by atoms with Gasteiger partial charge in [0, 0.05) is 11.6 Å². The van der Waals surface area contributed by atoms with Gasteiger partial charge in [0.2, 0.25) is 0 Å². The molecule has 68 valence electrons. The van der Waals surface area contributed by atoms with Crippen LogP contribution in [0.15, 0.2) is 29.4 Å². The highest BCUT2D eigenvalue weighted by Crippen LogP contribution is 2.18. The van der Waals surface area contributed by atoms with Crippen LogP contribution in [0.4, 0.5) is 0 Å². The van der Waals surface area contributed by atoms with Gasteiger partial charge in [0.25, 0.3) is 0 Å². The number of imidazole rings is 1. The lowest BCUT2D eigenvalue weighted by Gasteiger charge is -1.89. The molecule has 1 aromatic heterocycles. The van der Waals surface area contributed by atoms with Crippen LogP contribution in [-0.2, 0) is 0 Å². The molecule has 0 aliphatic heterocycles. The van der Waals surface area contributed by atoms with E-state index in [1.54, 1.807) is 11.8 Å². The lowest BCUT2D eigenvalue weighted by atomic mass is 10.3. The fourth-order valence-corrected chi connectivity index (χ4v) is 1.98. The largest absolute Gasteiger partial charge is 0.333 e. The predicted molar refractivity (Wildman–Crippen MR) is 57.5 cm³/mol. The average molecular weight is 213 g/mol. The van der Waals surface area contributed by atoms with Crippen LogP contribution < -0.4 is 0 Å². The lowest BCUT2D eigenvalue weighted by molar-refractivity contribution is 1.08. The van der Waals surface area contributed by atoms with Crippen LogP contribution in [-0.4, -0.2) is 21.6 Å². The number of aromatic nitrogens is 2. The molecule has 4 heteroatoms. The van der Waals surface area contributed by atoms with E-state index in [9.17, 15) is 0 Å². The number of rotatable bonds is 3. The van der Waals surface area contributed by atoms with E-state index in [4.69, 9.17) is 11.6 Å². The number of fused-ring (bicyclic) bond motifs is 1. The minimum atomic E-state index is 0.654. The Kier molecular flexibility index (Phi) is 2.76. The molecule has 2 rings (SSSR count). The van der Waals surface area contributed by atoms with Gasteiger partial charge in [-0.15, -0.1) is 11.6 Å². The van der Waals surface area contributed by atoms with Crippen molar-refractivity contribution in [3.05, 3.63) is 24.3 Å². The lowest BCUT2D eigenvalue weighted by Crippen LogP contribution is -1.80. The molecule has 0 saturated heterocycles. The molecule has 0 bridgehead atoms. The maximum atomic E-state index is 5.59. The Morgan fingerprint density at radius 3 is 3.00 bits per heavy atom. The molecular formula is C9H9ClN2S. The third-order valence-electron chi connectivity index (χ3n) is 1.68. The highest BCUT2D eigenvalue weighted by atomic mass is 35.5. The van der Waals surface area contributed by atoms with Crippen LogP contribution in [0.25, 0.3) is 11.0 Å². The summed E-state index contributed by atoms with van der Waals surface area (Å²) in [5, 5.41) is 0.946. The summed E-state index contributed by atoms with van der Waals surface area (Å²) in [6.45, 7) is 0. The topological polar surface area (TPSA) is 28.7 Å². The number of H-pyrrole nitrogens is 1. The first kappa shape index (κ1) is 8.91. The zero-order valence-corrected chi connectivity index (χ0v) is 8.53. The van der Waals surface area contributed by atoms with Crippen LogP contribution in [0.3, 0.4) is 0 Å². The summed E-state index contributed by atoms with van der Waals surface area (Å²) < 4.78 is 0. The van der Waals surface area contributed by atoms with Gasteiger partial charge < -0.3 is 4.98 Å². The van der Waals surface area contributed by atoms with Gasteiger partial charge in [-0.1, -0.05) is 23.9 Å². The zero-order valence-electron chi connectivity index (χ0n) is 6.96. The van der Waals surface area contributed by atoms with E-state index in [2.05, 4.69) is 9.97 Å². The maximum absolute atomic E-state index is 5.59. The van der Waals surface area contributed by atoms with Gasteiger partial charge in [0.15, 0.2) is 5.16 Å². The van der Waals surface area contributed by atoms with Crippen LogP contribution in [0.5, 0.6) is 0 Å². The Balaban J connectivity index is 2.28. The number of nitrogens with zero attached hydrogens (tertiary/aromatic N) is 1. The SMILES string of the molecule is ClCCSc1nc2ccccc2[nH]1. The first-order valence-corrected chi connectivity index (χ1v) is 5.55. The van der Waals surface area contributed by atoms with E-state index in [-0.39, 0.29) is 0 Å². The number of thioether (sulfide) groups is 1. The second-order valence-corrected chi connectivity index (χ2v) is 4.06. The third kappa shape index (κ3) is 1.98. The van der Waals surface area contributed by atoms with Crippen LogP contribution >= 0.6 is 23.4 Å². The van der Waals surface area contributed by atoms with Crippen molar-refractivity contribution < 1.29 is 0 Å². The second-order valence-electron chi connectivity index (χ2n) is 2.60. The number of alkyl halides is 1. The number of halogens is 1. The van der Waals surface area contributed by atoms with Gasteiger partial charge in [-0.3, -0.25) is 0 Å². The number of hydrogen-bond acceptors (Lipinski definition) is 2. The first-order valence-electron chi connectivity index (χ1n) is 4.03. The molecule has 13 heavy (non-hydrogen) atoms. The molecule has 1 heterocycles. The molecule has 0 saturated carbocycles. The third-order valence-corrected chi connectivity index (χ3v) is 2.97. The van der Waals surface area contributed by atoms with Crippen molar-refractivity contribution in [2.75, 3.05) is 11.6 Å². The van der Waals surface area contributed by atoms with E-state index >= 15 is 0 Å². The average Bonchev–Trinajstić information content (AvgIpc) is 2.57. The zero-order chi connectivity index (χ0) is 9.10. The molecule has 1 aromatic carbocycles. The van der Waals surface area contributed by atoms with E-state index in [1.165, 1.54) is 0 Å². The van der Waals surface area contributed by atoms with Crippen molar-refractivity contribution in [1.82, 2.24) is 9.97 Å². The summed E-state index contributed by atoms with van der Waals surface area (Å²) >= 11 is 7.24. The summed E-state index contributed by atoms with van der Waals surface area (Å²) in [6.07, 6.45) is 0. The van der Waals surface area contributed by atoms with Crippen LogP contribution in [0.2, 0.25) is 0 Å². The Hall–Kier alpha value is -0.670. The number of nitrogens with one attached hydrogen (secondary N) is 1. The van der Waals surface area contributed by atoms with Crippen molar-refractivity contribution in [2.24, 2.45) is 0 Å². The molecule has 0 unspecified atom stereocenters. The maximum Gasteiger partial charge on any atom is 0.166 e. The van der Waals surface area contributed by atoms with E-state index in [1.807, 2.05) is 24.3 Å². The molecule has 0 radical (unpaired) electrons. The van der Waals surface area contributed by atoms with E-state index < -0.39 is 0 Å². The minimum Gasteiger partial charge on any atom is -0.333 e. The molecule has 0 amide bonds. The molecule has 0 spiro atoms. The Morgan fingerprint density at radius 2 is 2.23 bits per heavy atom. The van der Waals surface area contributed by atoms with Gasteiger partial charge in [0.1, 0.15) is 0 Å². The van der Waals surface area contributed by atoms with Crippen molar-refractivity contribution in [1.29, 1.82) is 0 Å². The van der Waals surface area contributed by atoms with Gasteiger partial charge in [-0.05, 0) is 12.1 Å². The smallest absolute Gasteiger partial charge is 0.166 e. The highest BCUT2D eigenvalue weighted by molar-refractivity contribution is 7.99. The molecule has 0 aliphatic carbocycles. The summed E-state index contributed by atoms with van der Waals surface area (Å²) in [5.74, 6) is 1.54. The van der Waals surface area contributed by atoms with Gasteiger partial charge in [0.05, 0.1) is 11.0 Å². The number of hydrogen-bond donors (Lipinski definition) is 1.